The Morgan fingerprint density at radius 2 is 1.83 bits per heavy atom. The second kappa shape index (κ2) is 6.80. The monoisotopic (exact) mass is 334 g/mol. The molecule has 1 amide bonds. The van der Waals surface area contributed by atoms with Crippen LogP contribution in [0.2, 0.25) is 0 Å². The number of amides is 1. The van der Waals surface area contributed by atoms with E-state index in [1.807, 2.05) is 0 Å². The van der Waals surface area contributed by atoms with E-state index in [2.05, 4.69) is 5.32 Å². The third kappa shape index (κ3) is 3.88. The van der Waals surface area contributed by atoms with Crippen LogP contribution < -0.4 is 11.1 Å². The van der Waals surface area contributed by atoms with Gasteiger partial charge in [-0.2, -0.15) is 0 Å². The topological polar surface area (TPSA) is 98.5 Å². The number of carbonyl (C=O) groups is 1. The maximum atomic E-state index is 12.8. The Balaban J connectivity index is 2.44. The summed E-state index contributed by atoms with van der Waals surface area (Å²) in [5.74, 6) is -0.221. The maximum absolute atomic E-state index is 12.8. The van der Waals surface area contributed by atoms with Gasteiger partial charge < -0.3 is 15.8 Å². The quantitative estimate of drug-likeness (QED) is 0.817. The number of nitrogens with two attached hydrogens (primary N) is 1. The molecule has 122 valence electrons. The lowest BCUT2D eigenvalue weighted by Gasteiger charge is -2.11. The Morgan fingerprint density at radius 1 is 1.17 bits per heavy atom. The van der Waals surface area contributed by atoms with Crippen molar-refractivity contribution in [3.05, 3.63) is 48.0 Å². The van der Waals surface area contributed by atoms with E-state index in [9.17, 15) is 13.2 Å². The summed E-state index contributed by atoms with van der Waals surface area (Å²) < 4.78 is 30.6. The molecule has 2 rings (SSSR count). The fraction of sp³-hybridized carbons (Fsp3) is 0.188. The number of methoxy groups -OCH3 is 1. The van der Waals surface area contributed by atoms with E-state index in [4.69, 9.17) is 10.5 Å². The summed E-state index contributed by atoms with van der Waals surface area (Å²) >= 11 is 0. The second-order valence-electron chi connectivity index (χ2n) is 5.01. The van der Waals surface area contributed by atoms with Gasteiger partial charge in [-0.1, -0.05) is 0 Å². The summed E-state index contributed by atoms with van der Waals surface area (Å²) in [5.41, 5.74) is 7.22. The zero-order chi connectivity index (χ0) is 17.0. The van der Waals surface area contributed by atoms with Gasteiger partial charge in [-0.05, 0) is 48.0 Å². The number of ether oxygens (including phenoxy) is 1. The van der Waals surface area contributed by atoms with Crippen molar-refractivity contribution in [3.63, 3.8) is 0 Å². The standard InChI is InChI=1S/C16H18N2O4S/c1-11(19)18-14-4-6-15(7-5-14)23(20,21)16-8-3-13(17)9-12(16)10-22-2/h3-9H,10,17H2,1-2H3,(H,18,19). The van der Waals surface area contributed by atoms with Crippen LogP contribution in [0.5, 0.6) is 0 Å². The van der Waals surface area contributed by atoms with E-state index in [0.717, 1.165) is 0 Å². The zero-order valence-corrected chi connectivity index (χ0v) is 13.7. The molecule has 0 bridgehead atoms. The summed E-state index contributed by atoms with van der Waals surface area (Å²) in [4.78, 5) is 11.3. The van der Waals surface area contributed by atoms with Gasteiger partial charge in [-0.25, -0.2) is 8.42 Å². The molecule has 0 aromatic heterocycles. The van der Waals surface area contributed by atoms with Gasteiger partial charge in [0, 0.05) is 25.4 Å². The Bertz CT molecular complexity index is 814. The van der Waals surface area contributed by atoms with Crippen LogP contribution in [0, 0.1) is 0 Å². The van der Waals surface area contributed by atoms with Crippen molar-refractivity contribution in [2.45, 2.75) is 23.3 Å². The second-order valence-corrected chi connectivity index (χ2v) is 6.93. The number of nitrogens with one attached hydrogen (secondary N) is 1. The molecule has 23 heavy (non-hydrogen) atoms. The van der Waals surface area contributed by atoms with Crippen LogP contribution in [-0.4, -0.2) is 21.4 Å². The van der Waals surface area contributed by atoms with Crippen molar-refractivity contribution in [1.29, 1.82) is 0 Å². The molecule has 0 aliphatic heterocycles. The first kappa shape index (κ1) is 17.0. The molecule has 2 aromatic carbocycles. The third-order valence-electron chi connectivity index (χ3n) is 3.16. The molecule has 3 N–H and O–H groups in total. The number of hydrogen-bond donors (Lipinski definition) is 2. The van der Waals surface area contributed by atoms with E-state index >= 15 is 0 Å². The van der Waals surface area contributed by atoms with Gasteiger partial charge in [0.05, 0.1) is 16.4 Å². The number of carbonyl (C=O) groups excluding carboxylic acids is 1. The van der Waals surface area contributed by atoms with Crippen molar-refractivity contribution in [2.24, 2.45) is 0 Å². The van der Waals surface area contributed by atoms with Crippen LogP contribution in [-0.2, 0) is 26.0 Å². The van der Waals surface area contributed by atoms with E-state index < -0.39 is 9.84 Å². The van der Waals surface area contributed by atoms with Gasteiger partial charge in [-0.3, -0.25) is 4.79 Å². The van der Waals surface area contributed by atoms with Gasteiger partial charge in [0.2, 0.25) is 15.7 Å². The van der Waals surface area contributed by atoms with Crippen molar-refractivity contribution < 1.29 is 17.9 Å². The highest BCUT2D eigenvalue weighted by molar-refractivity contribution is 7.91. The molecule has 0 unspecified atom stereocenters. The number of benzene rings is 2. The molecule has 0 aliphatic rings. The van der Waals surface area contributed by atoms with E-state index in [1.54, 1.807) is 18.2 Å². The molecule has 7 heteroatoms. The minimum absolute atomic E-state index is 0.133. The summed E-state index contributed by atoms with van der Waals surface area (Å²) in [5, 5.41) is 2.59. The summed E-state index contributed by atoms with van der Waals surface area (Å²) in [7, 11) is -2.21. The fourth-order valence-corrected chi connectivity index (χ4v) is 3.64. The average molecular weight is 334 g/mol. The molecule has 0 atom stereocenters. The smallest absolute Gasteiger partial charge is 0.221 e. The first-order chi connectivity index (χ1) is 10.8. The van der Waals surface area contributed by atoms with Crippen LogP contribution in [0.25, 0.3) is 0 Å². The highest BCUT2D eigenvalue weighted by atomic mass is 32.2. The van der Waals surface area contributed by atoms with E-state index in [1.165, 1.54) is 38.3 Å². The highest BCUT2D eigenvalue weighted by Crippen LogP contribution is 2.27. The van der Waals surface area contributed by atoms with Crippen LogP contribution >= 0.6 is 0 Å². The van der Waals surface area contributed by atoms with Crippen LogP contribution in [0.3, 0.4) is 0 Å². The lowest BCUT2D eigenvalue weighted by molar-refractivity contribution is -0.114. The van der Waals surface area contributed by atoms with E-state index in [0.29, 0.717) is 16.9 Å². The zero-order valence-electron chi connectivity index (χ0n) is 12.9. The van der Waals surface area contributed by atoms with Gasteiger partial charge >= 0.3 is 0 Å². The molecule has 0 radical (unpaired) electrons. The van der Waals surface area contributed by atoms with Gasteiger partial charge in [0.15, 0.2) is 0 Å². The van der Waals surface area contributed by atoms with Crippen molar-refractivity contribution >= 4 is 27.1 Å². The minimum Gasteiger partial charge on any atom is -0.399 e. The van der Waals surface area contributed by atoms with Gasteiger partial charge in [-0.15, -0.1) is 0 Å². The Hall–Kier alpha value is -2.38. The first-order valence-corrected chi connectivity index (χ1v) is 8.33. The lowest BCUT2D eigenvalue weighted by Crippen LogP contribution is -2.08. The number of nitrogen functional groups attached to an aromatic ring is 1. The molecular formula is C16H18N2O4S. The molecule has 0 saturated heterocycles. The Labute approximate surface area is 135 Å². The van der Waals surface area contributed by atoms with Crippen LogP contribution in [0.4, 0.5) is 11.4 Å². The summed E-state index contributed by atoms with van der Waals surface area (Å²) in [6.45, 7) is 1.53. The molecule has 0 heterocycles. The largest absolute Gasteiger partial charge is 0.399 e. The SMILES string of the molecule is COCc1cc(N)ccc1S(=O)(=O)c1ccc(NC(C)=O)cc1. The predicted molar refractivity (Wildman–Crippen MR) is 87.8 cm³/mol. The van der Waals surface area contributed by atoms with Crippen molar-refractivity contribution in [2.75, 3.05) is 18.2 Å². The third-order valence-corrected chi connectivity index (χ3v) is 5.03. The molecule has 0 spiro atoms. The highest BCUT2D eigenvalue weighted by Gasteiger charge is 2.21. The van der Waals surface area contributed by atoms with Crippen molar-refractivity contribution in [1.82, 2.24) is 0 Å². The number of rotatable bonds is 5. The van der Waals surface area contributed by atoms with E-state index in [-0.39, 0.29) is 22.3 Å². The normalized spacial score (nSPS) is 11.2. The first-order valence-electron chi connectivity index (χ1n) is 6.84. The Morgan fingerprint density at radius 3 is 2.39 bits per heavy atom. The average Bonchev–Trinajstić information content (AvgIpc) is 2.47. The van der Waals surface area contributed by atoms with Gasteiger partial charge in [0.25, 0.3) is 0 Å². The minimum atomic E-state index is -3.70. The fourth-order valence-electron chi connectivity index (χ4n) is 2.18. The van der Waals surface area contributed by atoms with Crippen LogP contribution in [0.1, 0.15) is 12.5 Å². The number of anilines is 2. The van der Waals surface area contributed by atoms with Crippen molar-refractivity contribution in [3.8, 4) is 0 Å². The predicted octanol–water partition coefficient (Wildman–Crippen LogP) is 2.21. The Kier molecular flexibility index (Phi) is 5.02. The summed E-state index contributed by atoms with van der Waals surface area (Å²) in [6, 6.07) is 10.6. The molecule has 2 aromatic rings. The maximum Gasteiger partial charge on any atom is 0.221 e. The van der Waals surface area contributed by atoms with Crippen LogP contribution in [0.15, 0.2) is 52.3 Å². The molecular weight excluding hydrogens is 316 g/mol. The lowest BCUT2D eigenvalue weighted by atomic mass is 10.2. The number of hydrogen-bond acceptors (Lipinski definition) is 5. The summed E-state index contributed by atoms with van der Waals surface area (Å²) in [6.07, 6.45) is 0. The molecule has 6 nitrogen and oxygen atoms in total. The molecule has 0 aliphatic carbocycles. The molecule has 0 fully saturated rings. The van der Waals surface area contributed by atoms with Gasteiger partial charge in [0.1, 0.15) is 0 Å². The molecule has 0 saturated carbocycles. The number of sulfone groups is 1.